The number of urea groups is 1. The van der Waals surface area contributed by atoms with Crippen LogP contribution in [-0.2, 0) is 6.54 Å². The van der Waals surface area contributed by atoms with Gasteiger partial charge in [-0.15, -0.1) is 0 Å². The standard InChI is InChI=1S/C16H19N3O/c20-16(19-13-5-1-2-6-13)18-11-12-9-10-17-15-8-4-3-7-14(12)15/h3-4,7-10,13H,1-2,5-6,11H2,(H2,18,19,20). The molecule has 1 fully saturated rings. The summed E-state index contributed by atoms with van der Waals surface area (Å²) >= 11 is 0. The lowest BCUT2D eigenvalue weighted by Crippen LogP contribution is -2.40. The van der Waals surface area contributed by atoms with Crippen molar-refractivity contribution >= 4 is 16.9 Å². The molecule has 0 spiro atoms. The van der Waals surface area contributed by atoms with Crippen molar-refractivity contribution in [3.05, 3.63) is 42.1 Å². The van der Waals surface area contributed by atoms with Crippen LogP contribution in [0.15, 0.2) is 36.5 Å². The molecule has 0 atom stereocenters. The third-order valence-corrected chi connectivity index (χ3v) is 3.87. The summed E-state index contributed by atoms with van der Waals surface area (Å²) < 4.78 is 0. The fraction of sp³-hybridized carbons (Fsp3) is 0.375. The van der Waals surface area contributed by atoms with Gasteiger partial charge in [0.25, 0.3) is 0 Å². The number of benzene rings is 1. The Kier molecular flexibility index (Phi) is 3.81. The van der Waals surface area contributed by atoms with Gasteiger partial charge in [0.2, 0.25) is 0 Å². The van der Waals surface area contributed by atoms with Gasteiger partial charge in [-0.25, -0.2) is 4.79 Å². The molecule has 1 aliphatic carbocycles. The minimum absolute atomic E-state index is 0.0715. The van der Waals surface area contributed by atoms with Crippen LogP contribution in [-0.4, -0.2) is 17.1 Å². The number of amides is 2. The van der Waals surface area contributed by atoms with Crippen molar-refractivity contribution in [2.24, 2.45) is 0 Å². The molecule has 4 nitrogen and oxygen atoms in total. The SMILES string of the molecule is O=C(NCc1ccnc2ccccc12)NC1CCCC1. The first-order valence-electron chi connectivity index (χ1n) is 7.20. The third-order valence-electron chi connectivity index (χ3n) is 3.87. The van der Waals surface area contributed by atoms with Gasteiger partial charge < -0.3 is 10.6 Å². The fourth-order valence-corrected chi connectivity index (χ4v) is 2.79. The van der Waals surface area contributed by atoms with Crippen LogP contribution < -0.4 is 10.6 Å². The molecule has 2 amide bonds. The summed E-state index contributed by atoms with van der Waals surface area (Å²) in [5.41, 5.74) is 2.06. The van der Waals surface area contributed by atoms with E-state index in [1.165, 1.54) is 12.8 Å². The van der Waals surface area contributed by atoms with Crippen LogP contribution in [0.3, 0.4) is 0 Å². The van der Waals surface area contributed by atoms with Crippen molar-refractivity contribution in [1.29, 1.82) is 0 Å². The van der Waals surface area contributed by atoms with E-state index in [-0.39, 0.29) is 6.03 Å². The molecule has 1 heterocycles. The number of carbonyl (C=O) groups is 1. The monoisotopic (exact) mass is 269 g/mol. The van der Waals surface area contributed by atoms with E-state index in [1.54, 1.807) is 6.20 Å². The third kappa shape index (κ3) is 2.90. The number of para-hydroxylation sites is 1. The van der Waals surface area contributed by atoms with E-state index in [1.807, 2.05) is 30.3 Å². The van der Waals surface area contributed by atoms with Gasteiger partial charge in [0.15, 0.2) is 0 Å². The van der Waals surface area contributed by atoms with Gasteiger partial charge >= 0.3 is 6.03 Å². The molecular formula is C16H19N3O. The predicted molar refractivity (Wildman–Crippen MR) is 79.4 cm³/mol. The first-order valence-corrected chi connectivity index (χ1v) is 7.20. The van der Waals surface area contributed by atoms with E-state index in [9.17, 15) is 4.79 Å². The van der Waals surface area contributed by atoms with Crippen LogP contribution in [0.4, 0.5) is 4.79 Å². The Labute approximate surface area is 118 Å². The van der Waals surface area contributed by atoms with E-state index in [4.69, 9.17) is 0 Å². The summed E-state index contributed by atoms with van der Waals surface area (Å²) in [5.74, 6) is 0. The molecule has 1 saturated carbocycles. The number of carbonyl (C=O) groups excluding carboxylic acids is 1. The number of nitrogens with one attached hydrogen (secondary N) is 2. The average Bonchev–Trinajstić information content (AvgIpc) is 2.98. The van der Waals surface area contributed by atoms with Gasteiger partial charge in [0.1, 0.15) is 0 Å². The zero-order valence-electron chi connectivity index (χ0n) is 11.4. The summed E-state index contributed by atoms with van der Waals surface area (Å²) in [4.78, 5) is 16.2. The maximum atomic E-state index is 11.9. The van der Waals surface area contributed by atoms with Crippen LogP contribution in [0.2, 0.25) is 0 Å². The Morgan fingerprint density at radius 1 is 1.20 bits per heavy atom. The molecule has 2 aromatic rings. The molecule has 0 saturated heterocycles. The van der Waals surface area contributed by atoms with Crippen molar-refractivity contribution < 1.29 is 4.79 Å². The number of pyridine rings is 1. The minimum atomic E-state index is -0.0715. The van der Waals surface area contributed by atoms with Crippen LogP contribution in [0, 0.1) is 0 Å². The maximum absolute atomic E-state index is 11.9. The Hall–Kier alpha value is -2.10. The Morgan fingerprint density at radius 2 is 2.00 bits per heavy atom. The molecule has 4 heteroatoms. The van der Waals surface area contributed by atoms with Gasteiger partial charge in [0.05, 0.1) is 5.52 Å². The second-order valence-corrected chi connectivity index (χ2v) is 5.30. The first-order chi connectivity index (χ1) is 9.83. The fourth-order valence-electron chi connectivity index (χ4n) is 2.79. The summed E-state index contributed by atoms with van der Waals surface area (Å²) in [6.07, 6.45) is 6.44. The lowest BCUT2D eigenvalue weighted by atomic mass is 10.1. The van der Waals surface area contributed by atoms with Gasteiger partial charge in [-0.1, -0.05) is 31.0 Å². The molecule has 3 rings (SSSR count). The summed E-state index contributed by atoms with van der Waals surface area (Å²) in [5, 5.41) is 7.07. The van der Waals surface area contributed by atoms with Gasteiger partial charge in [0, 0.05) is 24.2 Å². The zero-order chi connectivity index (χ0) is 13.8. The highest BCUT2D eigenvalue weighted by atomic mass is 16.2. The van der Waals surface area contributed by atoms with Crippen LogP contribution in [0.25, 0.3) is 10.9 Å². The van der Waals surface area contributed by atoms with Crippen molar-refractivity contribution in [2.45, 2.75) is 38.3 Å². The number of hydrogen-bond acceptors (Lipinski definition) is 2. The van der Waals surface area contributed by atoms with Crippen molar-refractivity contribution in [3.8, 4) is 0 Å². The summed E-state index contributed by atoms with van der Waals surface area (Å²) in [7, 11) is 0. The molecule has 0 aliphatic heterocycles. The number of fused-ring (bicyclic) bond motifs is 1. The van der Waals surface area contributed by atoms with Gasteiger partial charge in [-0.05, 0) is 30.5 Å². The van der Waals surface area contributed by atoms with Crippen LogP contribution in [0.5, 0.6) is 0 Å². The largest absolute Gasteiger partial charge is 0.335 e. The van der Waals surface area contributed by atoms with Crippen LogP contribution in [0.1, 0.15) is 31.2 Å². The summed E-state index contributed by atoms with van der Waals surface area (Å²) in [6.45, 7) is 0.529. The molecule has 0 radical (unpaired) electrons. The normalized spacial score (nSPS) is 15.4. The molecule has 1 aromatic heterocycles. The molecular weight excluding hydrogens is 250 g/mol. The number of rotatable bonds is 3. The quantitative estimate of drug-likeness (QED) is 0.900. The Bertz CT molecular complexity index is 600. The second-order valence-electron chi connectivity index (χ2n) is 5.30. The number of hydrogen-bond donors (Lipinski definition) is 2. The Morgan fingerprint density at radius 3 is 2.85 bits per heavy atom. The Balaban J connectivity index is 1.63. The highest BCUT2D eigenvalue weighted by Crippen LogP contribution is 2.18. The van der Waals surface area contributed by atoms with E-state index >= 15 is 0 Å². The highest BCUT2D eigenvalue weighted by molar-refractivity contribution is 5.82. The lowest BCUT2D eigenvalue weighted by molar-refractivity contribution is 0.237. The van der Waals surface area contributed by atoms with Gasteiger partial charge in [-0.2, -0.15) is 0 Å². The number of aromatic nitrogens is 1. The molecule has 1 aliphatic rings. The van der Waals surface area contributed by atoms with E-state index < -0.39 is 0 Å². The minimum Gasteiger partial charge on any atom is -0.335 e. The molecule has 0 bridgehead atoms. The topological polar surface area (TPSA) is 54.0 Å². The second kappa shape index (κ2) is 5.90. The number of nitrogens with zero attached hydrogens (tertiary/aromatic N) is 1. The zero-order valence-corrected chi connectivity index (χ0v) is 11.4. The van der Waals surface area contributed by atoms with Crippen molar-refractivity contribution in [1.82, 2.24) is 15.6 Å². The summed E-state index contributed by atoms with van der Waals surface area (Å²) in [6, 6.07) is 10.2. The van der Waals surface area contributed by atoms with Crippen molar-refractivity contribution in [3.63, 3.8) is 0 Å². The lowest BCUT2D eigenvalue weighted by Gasteiger charge is -2.13. The van der Waals surface area contributed by atoms with E-state index in [2.05, 4.69) is 15.6 Å². The molecule has 104 valence electrons. The molecule has 1 aromatic carbocycles. The molecule has 2 N–H and O–H groups in total. The maximum Gasteiger partial charge on any atom is 0.315 e. The smallest absolute Gasteiger partial charge is 0.315 e. The predicted octanol–water partition coefficient (Wildman–Crippen LogP) is 2.98. The average molecular weight is 269 g/mol. The van der Waals surface area contributed by atoms with Crippen molar-refractivity contribution in [2.75, 3.05) is 0 Å². The molecule has 20 heavy (non-hydrogen) atoms. The van der Waals surface area contributed by atoms with E-state index in [0.717, 1.165) is 29.3 Å². The van der Waals surface area contributed by atoms with E-state index in [0.29, 0.717) is 12.6 Å². The highest BCUT2D eigenvalue weighted by Gasteiger charge is 2.16. The van der Waals surface area contributed by atoms with Gasteiger partial charge in [-0.3, -0.25) is 4.98 Å². The van der Waals surface area contributed by atoms with Crippen LogP contribution >= 0.6 is 0 Å². The first kappa shape index (κ1) is 12.9. The molecule has 0 unspecified atom stereocenters.